The lowest BCUT2D eigenvalue weighted by molar-refractivity contribution is -0.136. The van der Waals surface area contributed by atoms with E-state index in [1.807, 2.05) is 48.6 Å². The van der Waals surface area contributed by atoms with Crippen LogP contribution in [0.3, 0.4) is 0 Å². The van der Waals surface area contributed by atoms with Gasteiger partial charge in [0.2, 0.25) is 0 Å². The summed E-state index contributed by atoms with van der Waals surface area (Å²) in [6, 6.07) is 16.3. The molecule has 0 fully saturated rings. The number of thiazole rings is 1. The maximum atomic E-state index is 13.3. The Morgan fingerprint density at radius 1 is 1.16 bits per heavy atom. The number of aromatic nitrogens is 1. The minimum atomic E-state index is -0.711. The number of methoxy groups -OCH3 is 1. The number of carbonyl (C=O) groups is 1. The smallest absolute Gasteiger partial charge is 0.338 e. The van der Waals surface area contributed by atoms with Crippen LogP contribution < -0.4 is 14.9 Å². The minimum absolute atomic E-state index is 0.236. The number of rotatable bonds is 4. The number of carbonyl (C=O) groups excluding carboxylic acids is 1. The van der Waals surface area contributed by atoms with Crippen LogP contribution in [0.2, 0.25) is 5.02 Å². The highest BCUT2D eigenvalue weighted by atomic mass is 35.5. The highest BCUT2D eigenvalue weighted by Gasteiger charge is 2.34. The largest absolute Gasteiger partial charge is 0.466 e. The first kappa shape index (κ1) is 21.0. The summed E-state index contributed by atoms with van der Waals surface area (Å²) in [5.41, 5.74) is 2.25. The van der Waals surface area contributed by atoms with Crippen LogP contribution in [0.5, 0.6) is 0 Å². The van der Waals surface area contributed by atoms with Gasteiger partial charge in [-0.2, -0.15) is 0 Å². The molecule has 3 aromatic rings. The van der Waals surface area contributed by atoms with Gasteiger partial charge in [0.25, 0.3) is 5.56 Å². The van der Waals surface area contributed by atoms with Crippen molar-refractivity contribution >= 4 is 41.1 Å². The quantitative estimate of drug-likeness (QED) is 0.569. The third-order valence-corrected chi connectivity index (χ3v) is 6.31. The molecule has 0 spiro atoms. The number of halogens is 1. The molecule has 156 valence electrons. The predicted octanol–water partition coefficient (Wildman–Crippen LogP) is 3.73. The molecule has 1 aliphatic rings. The van der Waals surface area contributed by atoms with Crippen LogP contribution in [0.1, 0.15) is 24.1 Å². The van der Waals surface area contributed by atoms with E-state index < -0.39 is 12.0 Å². The molecule has 1 aromatic heterocycles. The Morgan fingerprint density at radius 2 is 1.87 bits per heavy atom. The fraction of sp³-hybridized carbons (Fsp3) is 0.125. The van der Waals surface area contributed by atoms with Gasteiger partial charge in [-0.1, -0.05) is 83.6 Å². The second-order valence-electron chi connectivity index (χ2n) is 6.89. The molecule has 2 aromatic carbocycles. The molecule has 7 heteroatoms. The number of hydrogen-bond acceptors (Lipinski definition) is 5. The number of benzene rings is 2. The molecule has 0 N–H and O–H groups in total. The molecule has 1 atom stereocenters. The minimum Gasteiger partial charge on any atom is -0.466 e. The van der Waals surface area contributed by atoms with Crippen molar-refractivity contribution in [3.05, 3.63) is 108 Å². The highest BCUT2D eigenvalue weighted by Crippen LogP contribution is 2.34. The average Bonchev–Trinajstić information content (AvgIpc) is 3.08. The van der Waals surface area contributed by atoms with Crippen LogP contribution in [-0.2, 0) is 9.53 Å². The van der Waals surface area contributed by atoms with E-state index in [4.69, 9.17) is 16.3 Å². The Bertz CT molecular complexity index is 1380. The monoisotopic (exact) mass is 450 g/mol. The summed E-state index contributed by atoms with van der Waals surface area (Å²) in [5.74, 6) is -0.538. The lowest BCUT2D eigenvalue weighted by Gasteiger charge is -2.25. The number of allylic oxidation sites excluding steroid dienone is 2. The second-order valence-corrected chi connectivity index (χ2v) is 8.30. The maximum Gasteiger partial charge on any atom is 0.338 e. The van der Waals surface area contributed by atoms with Crippen LogP contribution in [0.15, 0.2) is 81.7 Å². The Labute approximate surface area is 187 Å². The van der Waals surface area contributed by atoms with E-state index in [-0.39, 0.29) is 5.56 Å². The first-order chi connectivity index (χ1) is 15.0. The molecule has 0 radical (unpaired) electrons. The van der Waals surface area contributed by atoms with E-state index in [2.05, 4.69) is 4.99 Å². The van der Waals surface area contributed by atoms with Gasteiger partial charge < -0.3 is 4.74 Å². The van der Waals surface area contributed by atoms with Crippen LogP contribution in [0.25, 0.3) is 12.2 Å². The fourth-order valence-corrected chi connectivity index (χ4v) is 4.75. The highest BCUT2D eigenvalue weighted by molar-refractivity contribution is 7.07. The fourth-order valence-electron chi connectivity index (χ4n) is 3.51. The van der Waals surface area contributed by atoms with E-state index in [9.17, 15) is 9.59 Å². The third kappa shape index (κ3) is 4.04. The maximum absolute atomic E-state index is 13.3. The van der Waals surface area contributed by atoms with Gasteiger partial charge in [0.05, 0.1) is 22.9 Å². The lowest BCUT2D eigenvalue weighted by Crippen LogP contribution is -2.39. The molecule has 0 aliphatic carbocycles. The molecule has 0 saturated carbocycles. The van der Waals surface area contributed by atoms with Gasteiger partial charge in [0.1, 0.15) is 6.04 Å². The molecule has 0 amide bonds. The van der Waals surface area contributed by atoms with Crippen molar-refractivity contribution in [1.29, 1.82) is 0 Å². The summed E-state index contributed by atoms with van der Waals surface area (Å²) in [5, 5.41) is 0.460. The Hall–Kier alpha value is -3.22. The van der Waals surface area contributed by atoms with Crippen molar-refractivity contribution in [2.24, 2.45) is 4.99 Å². The molecule has 0 saturated heterocycles. The van der Waals surface area contributed by atoms with Crippen molar-refractivity contribution < 1.29 is 9.53 Å². The van der Waals surface area contributed by atoms with Gasteiger partial charge in [0.15, 0.2) is 4.80 Å². The van der Waals surface area contributed by atoms with Crippen molar-refractivity contribution in [3.63, 3.8) is 0 Å². The number of esters is 1. The van der Waals surface area contributed by atoms with E-state index in [0.29, 0.717) is 31.2 Å². The van der Waals surface area contributed by atoms with Crippen molar-refractivity contribution in [1.82, 2.24) is 4.57 Å². The van der Waals surface area contributed by atoms with Crippen LogP contribution in [0.4, 0.5) is 0 Å². The van der Waals surface area contributed by atoms with Gasteiger partial charge in [-0.05, 0) is 30.2 Å². The van der Waals surface area contributed by atoms with E-state index in [1.165, 1.54) is 23.0 Å². The molecule has 4 rings (SSSR count). The van der Waals surface area contributed by atoms with Crippen LogP contribution in [0, 0.1) is 0 Å². The van der Waals surface area contributed by atoms with Crippen molar-refractivity contribution in [2.75, 3.05) is 7.11 Å². The van der Waals surface area contributed by atoms with Gasteiger partial charge in [-0.3, -0.25) is 9.36 Å². The van der Waals surface area contributed by atoms with E-state index in [1.54, 1.807) is 31.2 Å². The Morgan fingerprint density at radius 3 is 2.58 bits per heavy atom. The van der Waals surface area contributed by atoms with Gasteiger partial charge in [0, 0.05) is 5.02 Å². The molecule has 0 unspecified atom stereocenters. The summed E-state index contributed by atoms with van der Waals surface area (Å²) in [6.45, 7) is 1.74. The first-order valence-electron chi connectivity index (χ1n) is 9.58. The van der Waals surface area contributed by atoms with Crippen molar-refractivity contribution in [3.8, 4) is 0 Å². The molecule has 31 heavy (non-hydrogen) atoms. The van der Waals surface area contributed by atoms with Crippen LogP contribution >= 0.6 is 22.9 Å². The summed E-state index contributed by atoms with van der Waals surface area (Å²) < 4.78 is 7.03. The normalized spacial score (nSPS) is 16.4. The van der Waals surface area contributed by atoms with E-state index in [0.717, 1.165) is 5.56 Å². The molecule has 0 bridgehead atoms. The summed E-state index contributed by atoms with van der Waals surface area (Å²) in [6.07, 6.45) is 5.52. The Kier molecular flexibility index (Phi) is 6.02. The molecular formula is C24H19ClN2O3S. The summed E-state index contributed by atoms with van der Waals surface area (Å²) in [7, 11) is 1.31. The zero-order chi connectivity index (χ0) is 22.0. The topological polar surface area (TPSA) is 60.7 Å². The number of hydrogen-bond donors (Lipinski definition) is 0. The van der Waals surface area contributed by atoms with Gasteiger partial charge in [-0.25, -0.2) is 9.79 Å². The summed E-state index contributed by atoms with van der Waals surface area (Å²) >= 11 is 7.73. The molecule has 1 aliphatic heterocycles. The van der Waals surface area contributed by atoms with Crippen molar-refractivity contribution in [2.45, 2.75) is 13.0 Å². The predicted molar refractivity (Wildman–Crippen MR) is 124 cm³/mol. The molecule has 2 heterocycles. The Balaban J connectivity index is 1.90. The van der Waals surface area contributed by atoms with E-state index >= 15 is 0 Å². The number of nitrogens with zero attached hydrogens (tertiary/aromatic N) is 2. The number of ether oxygens (including phenoxy) is 1. The first-order valence-corrected chi connectivity index (χ1v) is 10.8. The zero-order valence-electron chi connectivity index (χ0n) is 16.9. The second kappa shape index (κ2) is 8.88. The standard InChI is InChI=1S/C24H19ClN2O3S/c1-15-20(23(29)30-2)21(17-12-6-7-13-18(17)25)27-22(28)19(31-24(27)26-15)14-8-11-16-9-4-3-5-10-16/h3-14,21H,1-2H3/b11-8+,19-14-/t21-/m0/s1. The summed E-state index contributed by atoms with van der Waals surface area (Å²) in [4.78, 5) is 31.0. The molecular weight excluding hydrogens is 432 g/mol. The third-order valence-electron chi connectivity index (χ3n) is 4.96. The van der Waals surface area contributed by atoms with Gasteiger partial charge in [-0.15, -0.1) is 0 Å². The number of fused-ring (bicyclic) bond motifs is 1. The van der Waals surface area contributed by atoms with Gasteiger partial charge >= 0.3 is 5.97 Å². The molecule has 5 nitrogen and oxygen atoms in total. The lowest BCUT2D eigenvalue weighted by atomic mass is 9.96. The average molecular weight is 451 g/mol. The SMILES string of the molecule is COC(=O)C1=C(C)N=c2s/c(=C\C=C\c3ccccc3)c(=O)n2[C@H]1c1ccccc1Cl. The van der Waals surface area contributed by atoms with Crippen LogP contribution in [-0.4, -0.2) is 17.6 Å². The zero-order valence-corrected chi connectivity index (χ0v) is 18.5.